The van der Waals surface area contributed by atoms with Crippen LogP contribution in [0.25, 0.3) is 44.4 Å². The Bertz CT molecular complexity index is 2810. The highest BCUT2D eigenvalue weighted by Gasteiger charge is 2.39. The zero-order chi connectivity index (χ0) is 46.7. The van der Waals surface area contributed by atoms with Crippen LogP contribution >= 0.6 is 0 Å². The fourth-order valence-electron chi connectivity index (χ4n) is 10.7. The summed E-state index contributed by atoms with van der Waals surface area (Å²) in [5.74, 6) is 1.07. The average molecular weight is 917 g/mol. The fourth-order valence-corrected chi connectivity index (χ4v) is 10.7. The quantitative estimate of drug-likeness (QED) is 0.0889. The topological polar surface area (TPSA) is 175 Å². The summed E-state index contributed by atoms with van der Waals surface area (Å²) in [5.41, 5.74) is 9.34. The number of likely N-dealkylation sites (tertiary alicyclic amines) is 2. The van der Waals surface area contributed by atoms with Crippen molar-refractivity contribution in [3.8, 4) is 33.6 Å². The fraction of sp³-hybridized carbons (Fsp3) is 0.407. The highest BCUT2D eigenvalue weighted by molar-refractivity contribution is 5.92. The van der Waals surface area contributed by atoms with Crippen molar-refractivity contribution in [1.29, 1.82) is 0 Å². The molecule has 4 aliphatic rings. The van der Waals surface area contributed by atoms with Crippen LogP contribution in [0.2, 0.25) is 0 Å². The average Bonchev–Trinajstić information content (AvgIpc) is 4.24. The van der Waals surface area contributed by atoms with Crippen LogP contribution in [-0.4, -0.2) is 93.0 Å². The van der Waals surface area contributed by atoms with Gasteiger partial charge >= 0.3 is 6.09 Å². The Morgan fingerprint density at radius 1 is 0.779 bits per heavy atom. The van der Waals surface area contributed by atoms with E-state index < -0.39 is 18.2 Å². The number of unbranched alkanes of at least 4 members (excludes halogenated alkanes) is 1. The molecule has 4 aromatic carbocycles. The maximum Gasteiger partial charge on any atom is 0.407 e. The molecule has 352 valence electrons. The summed E-state index contributed by atoms with van der Waals surface area (Å²) >= 11 is 0. The van der Waals surface area contributed by atoms with Crippen LogP contribution in [0, 0.1) is 5.92 Å². The number of nitrogens with zero attached hydrogens (tertiary/aromatic N) is 4. The van der Waals surface area contributed by atoms with Gasteiger partial charge in [-0.05, 0) is 103 Å². The summed E-state index contributed by atoms with van der Waals surface area (Å²) < 4.78 is 10.3. The van der Waals surface area contributed by atoms with Crippen molar-refractivity contribution in [2.45, 2.75) is 102 Å². The monoisotopic (exact) mass is 916 g/mol. The van der Waals surface area contributed by atoms with Crippen molar-refractivity contribution in [3.05, 3.63) is 120 Å². The van der Waals surface area contributed by atoms with Crippen LogP contribution < -0.4 is 10.6 Å². The van der Waals surface area contributed by atoms with E-state index in [9.17, 15) is 19.2 Å². The number of aromatic amines is 2. The smallest absolute Gasteiger partial charge is 0.407 e. The Morgan fingerprint density at radius 3 is 2.22 bits per heavy atom. The van der Waals surface area contributed by atoms with E-state index >= 15 is 0 Å². The molecule has 3 fully saturated rings. The predicted octanol–water partition coefficient (Wildman–Crippen LogP) is 8.91. The standard InChI is InChI=1S/C54H60N8O6/c1-3-4-12-43(58-54(66)67-2)52(64)61-25-9-14-46(61)50-56-42-22-20-39-30-38(19-21-41(39)48(42)59-50)35-15-16-37-31-40(18-17-36(37)29-35)44-32-55-49(57-44)45-13-8-26-62(45)53(65)47(33-10-6-5-7-11-33)60-51(63)34-23-27-68-28-24-34/h5-7,10-11,15-19,21,29-32,34,43,45-47H,3-4,8-9,12-14,20,22-28H2,1-2H3,(H,55,57)(H,56,59)(H,58,66)(H,60,63). The minimum atomic E-state index is -0.785. The van der Waals surface area contributed by atoms with Crippen LogP contribution in [0.1, 0.15) is 111 Å². The highest BCUT2D eigenvalue weighted by atomic mass is 16.5. The first kappa shape index (κ1) is 45.0. The number of carbonyl (C=O) groups is 4. The number of fused-ring (bicyclic) bond motifs is 4. The van der Waals surface area contributed by atoms with Crippen LogP contribution in [-0.2, 0) is 36.7 Å². The first-order chi connectivity index (χ1) is 33.3. The summed E-state index contributed by atoms with van der Waals surface area (Å²) in [5, 5.41) is 8.12. The summed E-state index contributed by atoms with van der Waals surface area (Å²) in [7, 11) is 1.32. The third-order valence-electron chi connectivity index (χ3n) is 14.5. The van der Waals surface area contributed by atoms with Crippen molar-refractivity contribution in [2.75, 3.05) is 33.4 Å². The number of hydrogen-bond donors (Lipinski definition) is 4. The molecule has 68 heavy (non-hydrogen) atoms. The molecule has 2 aromatic heterocycles. The van der Waals surface area contributed by atoms with Crippen molar-refractivity contribution in [3.63, 3.8) is 0 Å². The zero-order valence-corrected chi connectivity index (χ0v) is 38.9. The van der Waals surface area contributed by atoms with Crippen LogP contribution in [0.4, 0.5) is 4.79 Å². The van der Waals surface area contributed by atoms with Gasteiger partial charge in [-0.25, -0.2) is 14.8 Å². The Hall–Kier alpha value is -6.80. The van der Waals surface area contributed by atoms with E-state index in [2.05, 4.69) is 82.1 Å². The molecular formula is C54H60N8O6. The molecule has 6 aromatic rings. The third-order valence-corrected chi connectivity index (χ3v) is 14.5. The van der Waals surface area contributed by atoms with Crippen LogP contribution in [0.3, 0.4) is 0 Å². The lowest BCUT2D eigenvalue weighted by Crippen LogP contribution is -2.48. The normalized spacial score (nSPS) is 19.0. The Morgan fingerprint density at radius 2 is 1.47 bits per heavy atom. The molecule has 1 aliphatic carbocycles. The lowest BCUT2D eigenvalue weighted by molar-refractivity contribution is -0.139. The van der Waals surface area contributed by atoms with E-state index in [-0.39, 0.29) is 35.7 Å². The summed E-state index contributed by atoms with van der Waals surface area (Å²) in [4.78, 5) is 74.7. The molecule has 0 saturated carbocycles. The van der Waals surface area contributed by atoms with Gasteiger partial charge < -0.3 is 39.9 Å². The van der Waals surface area contributed by atoms with E-state index in [4.69, 9.17) is 19.4 Å². The first-order valence-electron chi connectivity index (χ1n) is 24.5. The number of H-pyrrole nitrogens is 2. The Balaban J connectivity index is 0.831. The molecule has 4 atom stereocenters. The van der Waals surface area contributed by atoms with Gasteiger partial charge in [-0.2, -0.15) is 0 Å². The van der Waals surface area contributed by atoms with E-state index in [0.29, 0.717) is 45.6 Å². The van der Waals surface area contributed by atoms with Gasteiger partial charge in [0.25, 0.3) is 0 Å². The predicted molar refractivity (Wildman–Crippen MR) is 259 cm³/mol. The van der Waals surface area contributed by atoms with Crippen molar-refractivity contribution in [1.82, 2.24) is 40.4 Å². The number of ether oxygens (including phenoxy) is 2. The van der Waals surface area contributed by atoms with E-state index in [0.717, 1.165) is 119 Å². The van der Waals surface area contributed by atoms with Crippen LogP contribution in [0.15, 0.2) is 91.1 Å². The van der Waals surface area contributed by atoms with Gasteiger partial charge in [-0.1, -0.05) is 92.6 Å². The number of rotatable bonds is 13. The molecule has 14 heteroatoms. The largest absolute Gasteiger partial charge is 0.453 e. The molecule has 3 aliphatic heterocycles. The lowest BCUT2D eigenvalue weighted by atomic mass is 9.89. The number of methoxy groups -OCH3 is 1. The Labute approximate surface area is 396 Å². The second-order valence-electron chi connectivity index (χ2n) is 18.7. The second kappa shape index (κ2) is 19.8. The van der Waals surface area contributed by atoms with Gasteiger partial charge in [0.1, 0.15) is 23.7 Å². The molecule has 14 nitrogen and oxygen atoms in total. The maximum absolute atomic E-state index is 14.4. The van der Waals surface area contributed by atoms with Gasteiger partial charge in [0, 0.05) is 49.0 Å². The number of aromatic nitrogens is 4. The van der Waals surface area contributed by atoms with Gasteiger partial charge in [-0.15, -0.1) is 0 Å². The molecule has 5 heterocycles. The van der Waals surface area contributed by atoms with E-state index in [1.54, 1.807) is 0 Å². The van der Waals surface area contributed by atoms with Gasteiger partial charge in [0.05, 0.1) is 36.8 Å². The number of alkyl carbamates (subject to hydrolysis) is 1. The molecule has 10 rings (SSSR count). The molecule has 0 radical (unpaired) electrons. The van der Waals surface area contributed by atoms with Crippen molar-refractivity contribution in [2.24, 2.45) is 5.92 Å². The molecule has 4 amide bonds. The second-order valence-corrected chi connectivity index (χ2v) is 18.7. The molecule has 4 N–H and O–H groups in total. The van der Waals surface area contributed by atoms with Gasteiger partial charge in [0.2, 0.25) is 17.7 Å². The summed E-state index contributed by atoms with van der Waals surface area (Å²) in [6, 6.07) is 27.4. The molecule has 0 bridgehead atoms. The molecular weight excluding hydrogens is 857 g/mol. The third kappa shape index (κ3) is 9.13. The number of nitrogens with one attached hydrogen (secondary N) is 4. The van der Waals surface area contributed by atoms with Gasteiger partial charge in [0.15, 0.2) is 0 Å². The highest BCUT2D eigenvalue weighted by Crippen LogP contribution is 2.40. The number of benzene rings is 4. The number of aryl methyl sites for hydroxylation is 2. The van der Waals surface area contributed by atoms with E-state index in [1.165, 1.54) is 12.7 Å². The van der Waals surface area contributed by atoms with Crippen molar-refractivity contribution < 1.29 is 28.7 Å². The maximum atomic E-state index is 14.4. The van der Waals surface area contributed by atoms with Gasteiger partial charge in [-0.3, -0.25) is 14.4 Å². The Kier molecular flexibility index (Phi) is 13.1. The summed E-state index contributed by atoms with van der Waals surface area (Å²) in [6.45, 7) is 4.39. The zero-order valence-electron chi connectivity index (χ0n) is 38.9. The first-order valence-corrected chi connectivity index (χ1v) is 24.5. The number of imidazole rings is 2. The number of carbonyl (C=O) groups excluding carboxylic acids is 4. The molecule has 0 spiro atoms. The minimum absolute atomic E-state index is 0.0861. The lowest BCUT2D eigenvalue weighted by Gasteiger charge is -2.30. The SMILES string of the molecule is CCCCC(NC(=O)OC)C(=O)N1CCCC1c1nc2c([nH]1)CCc1cc(-c3ccc4cc(-c5cnc(C6CCCN6C(=O)C(NC(=O)C6CCOCC6)c6ccccc6)[nH]5)ccc4c3)ccc1-2. The summed E-state index contributed by atoms with van der Waals surface area (Å²) in [6.07, 6.45) is 9.89. The van der Waals surface area contributed by atoms with Crippen LogP contribution in [0.5, 0.6) is 0 Å². The van der Waals surface area contributed by atoms with Crippen molar-refractivity contribution >= 4 is 34.6 Å². The number of hydrogen-bond acceptors (Lipinski definition) is 8. The molecule has 3 saturated heterocycles. The van der Waals surface area contributed by atoms with E-state index in [1.807, 2.05) is 46.3 Å². The molecule has 4 unspecified atom stereocenters. The minimum Gasteiger partial charge on any atom is -0.453 e. The number of amides is 4.